The highest BCUT2D eigenvalue weighted by Gasteiger charge is 2.23. The van der Waals surface area contributed by atoms with Crippen LogP contribution in [0.3, 0.4) is 0 Å². The van der Waals surface area contributed by atoms with Gasteiger partial charge in [0.25, 0.3) is 11.8 Å². The van der Waals surface area contributed by atoms with E-state index >= 15 is 0 Å². The Labute approximate surface area is 184 Å². The lowest BCUT2D eigenvalue weighted by molar-refractivity contribution is 0.0826. The molecular weight excluding hydrogens is 416 g/mol. The maximum Gasteiger partial charge on any atom is 0.257 e. The monoisotopic (exact) mass is 440 g/mol. The van der Waals surface area contributed by atoms with E-state index in [0.717, 1.165) is 36.3 Å². The Morgan fingerprint density at radius 1 is 1.16 bits per heavy atom. The van der Waals surface area contributed by atoms with Crippen molar-refractivity contribution in [2.75, 3.05) is 39.7 Å². The Morgan fingerprint density at radius 3 is 2.48 bits per heavy atom. The fraction of sp³-hybridized carbons (Fsp3) is 0.364. The zero-order valence-electron chi connectivity index (χ0n) is 17.7. The van der Waals surface area contributed by atoms with Gasteiger partial charge in [0.1, 0.15) is 5.52 Å². The average Bonchev–Trinajstić information content (AvgIpc) is 3.22. The van der Waals surface area contributed by atoms with E-state index in [2.05, 4.69) is 15.3 Å². The van der Waals surface area contributed by atoms with Gasteiger partial charge in [-0.15, -0.1) is 0 Å². The molecule has 1 aliphatic heterocycles. The molecule has 1 N–H and O–H groups in total. The molecule has 0 unspecified atom stereocenters. The quantitative estimate of drug-likeness (QED) is 0.652. The molecule has 162 valence electrons. The molecule has 2 amide bonds. The molecule has 31 heavy (non-hydrogen) atoms. The second-order valence-corrected chi connectivity index (χ2v) is 8.54. The molecule has 0 bridgehead atoms. The second kappa shape index (κ2) is 8.99. The minimum absolute atomic E-state index is 0.113. The molecule has 1 fully saturated rings. The first kappa shape index (κ1) is 21.2. The maximum atomic E-state index is 12.7. The molecule has 0 atom stereocenters. The molecule has 8 nitrogen and oxygen atoms in total. The molecule has 1 saturated heterocycles. The van der Waals surface area contributed by atoms with E-state index < -0.39 is 0 Å². The number of methoxy groups -OCH3 is 1. The summed E-state index contributed by atoms with van der Waals surface area (Å²) in [6, 6.07) is 6.56. The van der Waals surface area contributed by atoms with Crippen LogP contribution >= 0.6 is 11.3 Å². The van der Waals surface area contributed by atoms with Gasteiger partial charge in [-0.1, -0.05) is 11.3 Å². The van der Waals surface area contributed by atoms with Crippen LogP contribution in [0.4, 0.5) is 5.13 Å². The van der Waals surface area contributed by atoms with Gasteiger partial charge in [-0.2, -0.15) is 0 Å². The number of hydrogen-bond acceptors (Lipinski definition) is 7. The van der Waals surface area contributed by atoms with Crippen LogP contribution in [0.15, 0.2) is 30.5 Å². The summed E-state index contributed by atoms with van der Waals surface area (Å²) in [5.74, 6) is 0.385. The van der Waals surface area contributed by atoms with E-state index in [-0.39, 0.29) is 11.8 Å². The minimum atomic E-state index is -0.289. The SMILES string of the molecule is COc1ncc(C2CCOCC2)c2sc(NC(=O)c3ccc(C(=O)N(C)C)cc3)nc12. The zero-order chi connectivity index (χ0) is 22.0. The third kappa shape index (κ3) is 4.38. The van der Waals surface area contributed by atoms with Crippen molar-refractivity contribution in [3.8, 4) is 5.88 Å². The van der Waals surface area contributed by atoms with E-state index in [0.29, 0.717) is 33.6 Å². The minimum Gasteiger partial charge on any atom is -0.479 e. The van der Waals surface area contributed by atoms with E-state index in [9.17, 15) is 9.59 Å². The number of nitrogens with zero attached hydrogens (tertiary/aromatic N) is 3. The highest BCUT2D eigenvalue weighted by molar-refractivity contribution is 7.22. The van der Waals surface area contributed by atoms with Crippen molar-refractivity contribution < 1.29 is 19.1 Å². The summed E-state index contributed by atoms with van der Waals surface area (Å²) >= 11 is 1.42. The molecule has 4 rings (SSSR count). The first-order chi connectivity index (χ1) is 15.0. The van der Waals surface area contributed by atoms with Crippen LogP contribution in [0.1, 0.15) is 45.0 Å². The number of amides is 2. The largest absolute Gasteiger partial charge is 0.479 e. The number of benzene rings is 1. The number of pyridine rings is 1. The Morgan fingerprint density at radius 2 is 1.84 bits per heavy atom. The van der Waals surface area contributed by atoms with Crippen molar-refractivity contribution in [2.24, 2.45) is 0 Å². The van der Waals surface area contributed by atoms with E-state index in [1.54, 1.807) is 45.5 Å². The summed E-state index contributed by atoms with van der Waals surface area (Å²) < 4.78 is 11.8. The third-order valence-corrected chi connectivity index (χ3v) is 6.31. The molecule has 2 aromatic heterocycles. The Hall–Kier alpha value is -3.04. The van der Waals surface area contributed by atoms with Crippen molar-refractivity contribution >= 4 is 38.5 Å². The lowest BCUT2D eigenvalue weighted by atomic mass is 9.93. The van der Waals surface area contributed by atoms with Crippen molar-refractivity contribution in [1.29, 1.82) is 0 Å². The predicted octanol–water partition coefficient (Wildman–Crippen LogP) is 3.55. The van der Waals surface area contributed by atoms with Gasteiger partial charge in [0.05, 0.1) is 11.8 Å². The number of thiazole rings is 1. The molecular formula is C22H24N4O4S. The number of aromatic nitrogens is 2. The fourth-order valence-corrected chi connectivity index (χ4v) is 4.64. The van der Waals surface area contributed by atoms with Crippen LogP contribution in [0.5, 0.6) is 5.88 Å². The van der Waals surface area contributed by atoms with Gasteiger partial charge in [0.15, 0.2) is 5.13 Å². The number of hydrogen-bond donors (Lipinski definition) is 1. The first-order valence-corrected chi connectivity index (χ1v) is 10.8. The number of carbonyl (C=O) groups is 2. The molecule has 0 spiro atoms. The van der Waals surface area contributed by atoms with Crippen molar-refractivity contribution in [3.05, 3.63) is 47.2 Å². The molecule has 1 aromatic carbocycles. The molecule has 0 saturated carbocycles. The molecule has 3 aromatic rings. The van der Waals surface area contributed by atoms with Gasteiger partial charge >= 0.3 is 0 Å². The second-order valence-electron chi connectivity index (χ2n) is 7.54. The third-order valence-electron chi connectivity index (χ3n) is 5.29. The molecule has 3 heterocycles. The van der Waals surface area contributed by atoms with Gasteiger partial charge in [-0.25, -0.2) is 9.97 Å². The van der Waals surface area contributed by atoms with Crippen molar-refractivity contribution in [1.82, 2.24) is 14.9 Å². The summed E-state index contributed by atoms with van der Waals surface area (Å²) in [5.41, 5.74) is 2.74. The zero-order valence-corrected chi connectivity index (χ0v) is 18.5. The van der Waals surface area contributed by atoms with Crippen LogP contribution in [-0.2, 0) is 4.74 Å². The standard InChI is InChI=1S/C22H24N4O4S/c1-26(2)21(28)15-6-4-14(5-7-15)19(27)25-22-24-17-18(31-22)16(12-23-20(17)29-3)13-8-10-30-11-9-13/h4-7,12-13H,8-11H2,1-3H3,(H,24,25,27). The number of ether oxygens (including phenoxy) is 2. The molecule has 1 aliphatic rings. The molecule has 0 radical (unpaired) electrons. The lowest BCUT2D eigenvalue weighted by Crippen LogP contribution is -2.21. The Balaban J connectivity index is 1.59. The molecule has 0 aliphatic carbocycles. The number of fused-ring (bicyclic) bond motifs is 1. The van der Waals surface area contributed by atoms with Crippen LogP contribution in [0.25, 0.3) is 10.2 Å². The highest BCUT2D eigenvalue weighted by Crippen LogP contribution is 2.39. The predicted molar refractivity (Wildman–Crippen MR) is 119 cm³/mol. The Kier molecular flexibility index (Phi) is 6.15. The highest BCUT2D eigenvalue weighted by atomic mass is 32.1. The first-order valence-electron chi connectivity index (χ1n) is 10.0. The van der Waals surface area contributed by atoms with Crippen LogP contribution in [-0.4, -0.2) is 61.1 Å². The summed E-state index contributed by atoms with van der Waals surface area (Å²) in [5, 5.41) is 3.35. The van der Waals surface area contributed by atoms with Crippen LogP contribution in [0.2, 0.25) is 0 Å². The van der Waals surface area contributed by atoms with Crippen LogP contribution < -0.4 is 10.1 Å². The van der Waals surface area contributed by atoms with Crippen LogP contribution in [0, 0.1) is 0 Å². The average molecular weight is 441 g/mol. The van der Waals surface area contributed by atoms with Gasteiger partial charge in [0.2, 0.25) is 5.88 Å². The smallest absolute Gasteiger partial charge is 0.257 e. The maximum absolute atomic E-state index is 12.7. The Bertz CT molecular complexity index is 1100. The van der Waals surface area contributed by atoms with Gasteiger partial charge in [0, 0.05) is 44.6 Å². The molecule has 9 heteroatoms. The lowest BCUT2D eigenvalue weighted by Gasteiger charge is -2.22. The van der Waals surface area contributed by atoms with E-state index in [1.807, 2.05) is 6.20 Å². The number of carbonyl (C=O) groups excluding carboxylic acids is 2. The van der Waals surface area contributed by atoms with Crippen molar-refractivity contribution in [3.63, 3.8) is 0 Å². The van der Waals surface area contributed by atoms with Gasteiger partial charge in [-0.05, 0) is 48.6 Å². The van der Waals surface area contributed by atoms with E-state index in [1.165, 1.54) is 16.2 Å². The van der Waals surface area contributed by atoms with Gasteiger partial charge in [-0.3, -0.25) is 14.9 Å². The van der Waals surface area contributed by atoms with E-state index in [4.69, 9.17) is 9.47 Å². The number of rotatable bonds is 5. The normalized spacial score (nSPS) is 14.4. The van der Waals surface area contributed by atoms with Crippen molar-refractivity contribution in [2.45, 2.75) is 18.8 Å². The fourth-order valence-electron chi connectivity index (χ4n) is 3.60. The number of nitrogens with one attached hydrogen (secondary N) is 1. The summed E-state index contributed by atoms with van der Waals surface area (Å²) in [4.78, 5) is 35.3. The summed E-state index contributed by atoms with van der Waals surface area (Å²) in [6.07, 6.45) is 3.71. The van der Waals surface area contributed by atoms with Gasteiger partial charge < -0.3 is 14.4 Å². The number of anilines is 1. The summed E-state index contributed by atoms with van der Waals surface area (Å²) in [6.45, 7) is 1.46. The topological polar surface area (TPSA) is 93.7 Å². The summed E-state index contributed by atoms with van der Waals surface area (Å²) in [7, 11) is 4.94.